The van der Waals surface area contributed by atoms with E-state index in [0.29, 0.717) is 17.1 Å². The monoisotopic (exact) mass is 365 g/mol. The molecule has 2 heterocycles. The van der Waals surface area contributed by atoms with Gasteiger partial charge in [0, 0.05) is 18.0 Å². The molecular weight excluding hydrogens is 346 g/mol. The zero-order valence-corrected chi connectivity index (χ0v) is 15.3. The predicted octanol–water partition coefficient (Wildman–Crippen LogP) is 3.69. The fraction of sp³-hybridized carbons (Fsp3) is 0.238. The van der Waals surface area contributed by atoms with Gasteiger partial charge in [0.2, 0.25) is 6.79 Å². The number of nitrogens with zero attached hydrogens (tertiary/aromatic N) is 1. The molecule has 5 rings (SSSR count). The second-order valence-corrected chi connectivity index (χ2v) is 6.64. The van der Waals surface area contributed by atoms with Crippen molar-refractivity contribution in [2.75, 3.05) is 33.0 Å². The van der Waals surface area contributed by atoms with Crippen LogP contribution in [0, 0.1) is 0 Å². The molecule has 0 saturated carbocycles. The van der Waals surface area contributed by atoms with E-state index in [-0.39, 0.29) is 6.79 Å². The third kappa shape index (κ3) is 2.10. The molecule has 0 spiro atoms. The van der Waals surface area contributed by atoms with Crippen LogP contribution in [0.5, 0.6) is 23.0 Å². The summed E-state index contributed by atoms with van der Waals surface area (Å²) in [5.41, 5.74) is 3.59. The van der Waals surface area contributed by atoms with Crippen molar-refractivity contribution in [1.82, 2.24) is 0 Å². The average molecular weight is 365 g/mol. The van der Waals surface area contributed by atoms with Crippen molar-refractivity contribution in [2.24, 2.45) is 0 Å². The molecule has 0 fully saturated rings. The van der Waals surface area contributed by atoms with Crippen molar-refractivity contribution in [3.8, 4) is 34.1 Å². The molecule has 0 aromatic heterocycles. The van der Waals surface area contributed by atoms with Crippen LogP contribution in [0.2, 0.25) is 0 Å². The van der Waals surface area contributed by atoms with Crippen LogP contribution in [0.15, 0.2) is 36.4 Å². The predicted molar refractivity (Wildman–Crippen MR) is 102 cm³/mol. The zero-order valence-electron chi connectivity index (χ0n) is 15.3. The summed E-state index contributed by atoms with van der Waals surface area (Å²) in [7, 11) is 5.05. The number of anilines is 1. The summed E-state index contributed by atoms with van der Waals surface area (Å²) in [5, 5.41) is 13.1. The Balaban J connectivity index is 1.84. The molecular formula is C21H19NO5. The lowest BCUT2D eigenvalue weighted by Gasteiger charge is -2.36. The first kappa shape index (κ1) is 16.1. The molecule has 0 saturated heterocycles. The molecule has 1 atom stereocenters. The fourth-order valence-corrected chi connectivity index (χ4v) is 4.05. The number of hydrogen-bond donors (Lipinski definition) is 1. The quantitative estimate of drug-likeness (QED) is 0.747. The van der Waals surface area contributed by atoms with Crippen molar-refractivity contribution in [3.63, 3.8) is 0 Å². The van der Waals surface area contributed by atoms with Crippen molar-refractivity contribution in [1.29, 1.82) is 0 Å². The first-order valence-electron chi connectivity index (χ1n) is 8.66. The van der Waals surface area contributed by atoms with Gasteiger partial charge in [-0.2, -0.15) is 0 Å². The summed E-state index contributed by atoms with van der Waals surface area (Å²) < 4.78 is 22.0. The van der Waals surface area contributed by atoms with E-state index in [0.717, 1.165) is 39.1 Å². The van der Waals surface area contributed by atoms with E-state index < -0.39 is 6.23 Å². The Morgan fingerprint density at radius 1 is 1.00 bits per heavy atom. The van der Waals surface area contributed by atoms with Crippen LogP contribution in [0.1, 0.15) is 11.8 Å². The van der Waals surface area contributed by atoms with Gasteiger partial charge in [0.25, 0.3) is 0 Å². The Morgan fingerprint density at radius 2 is 1.74 bits per heavy atom. The second-order valence-electron chi connectivity index (χ2n) is 6.64. The highest BCUT2D eigenvalue weighted by Gasteiger charge is 2.33. The highest BCUT2D eigenvalue weighted by atomic mass is 16.7. The molecule has 1 N–H and O–H groups in total. The largest absolute Gasteiger partial charge is 0.493 e. The highest BCUT2D eigenvalue weighted by Crippen LogP contribution is 2.52. The third-order valence-electron chi connectivity index (χ3n) is 5.34. The van der Waals surface area contributed by atoms with Gasteiger partial charge in [0.1, 0.15) is 0 Å². The smallest absolute Gasteiger partial charge is 0.231 e. The molecule has 0 unspecified atom stereocenters. The van der Waals surface area contributed by atoms with Crippen LogP contribution in [0.25, 0.3) is 21.9 Å². The molecule has 6 heteroatoms. The fourth-order valence-electron chi connectivity index (χ4n) is 4.05. The van der Waals surface area contributed by atoms with E-state index in [2.05, 4.69) is 12.1 Å². The number of benzene rings is 3. The molecule has 6 nitrogen and oxygen atoms in total. The van der Waals surface area contributed by atoms with Crippen molar-refractivity contribution < 1.29 is 24.1 Å². The molecule has 138 valence electrons. The van der Waals surface area contributed by atoms with Crippen molar-refractivity contribution >= 4 is 16.5 Å². The van der Waals surface area contributed by atoms with Gasteiger partial charge in [0.05, 0.1) is 25.5 Å². The van der Waals surface area contributed by atoms with Gasteiger partial charge >= 0.3 is 0 Å². The van der Waals surface area contributed by atoms with E-state index in [9.17, 15) is 5.11 Å². The van der Waals surface area contributed by atoms with Gasteiger partial charge in [-0.1, -0.05) is 12.1 Å². The summed E-state index contributed by atoms with van der Waals surface area (Å²) in [5.74, 6) is 2.60. The van der Waals surface area contributed by atoms with Gasteiger partial charge in [0.15, 0.2) is 29.2 Å². The zero-order chi connectivity index (χ0) is 18.7. The number of aliphatic hydroxyl groups is 1. The minimum atomic E-state index is -0.867. The second kappa shape index (κ2) is 5.69. The summed E-state index contributed by atoms with van der Waals surface area (Å²) >= 11 is 0. The van der Waals surface area contributed by atoms with E-state index in [1.54, 1.807) is 14.2 Å². The third-order valence-corrected chi connectivity index (χ3v) is 5.34. The van der Waals surface area contributed by atoms with Crippen LogP contribution in [0.3, 0.4) is 0 Å². The first-order chi connectivity index (χ1) is 13.1. The lowest BCUT2D eigenvalue weighted by molar-refractivity contribution is 0.172. The van der Waals surface area contributed by atoms with E-state index in [1.165, 1.54) is 0 Å². The van der Waals surface area contributed by atoms with Gasteiger partial charge < -0.3 is 29.0 Å². The summed E-state index contributed by atoms with van der Waals surface area (Å²) in [6.45, 7) is 0.228. The lowest BCUT2D eigenvalue weighted by atomic mass is 9.89. The molecule has 3 aromatic rings. The van der Waals surface area contributed by atoms with Crippen molar-refractivity contribution in [3.05, 3.63) is 42.0 Å². The lowest BCUT2D eigenvalue weighted by Crippen LogP contribution is -2.28. The van der Waals surface area contributed by atoms with E-state index in [1.807, 2.05) is 36.2 Å². The van der Waals surface area contributed by atoms with E-state index >= 15 is 0 Å². The van der Waals surface area contributed by atoms with Gasteiger partial charge in [-0.3, -0.25) is 0 Å². The summed E-state index contributed by atoms with van der Waals surface area (Å²) in [6.07, 6.45) is -0.867. The molecule has 2 aliphatic heterocycles. The number of fused-ring (bicyclic) bond motifs is 6. The van der Waals surface area contributed by atoms with Crippen LogP contribution in [-0.2, 0) is 0 Å². The molecule has 2 aliphatic rings. The topological polar surface area (TPSA) is 60.4 Å². The van der Waals surface area contributed by atoms with Crippen LogP contribution >= 0.6 is 0 Å². The minimum absolute atomic E-state index is 0.228. The van der Waals surface area contributed by atoms with Gasteiger partial charge in [-0.25, -0.2) is 0 Å². The summed E-state index contributed by atoms with van der Waals surface area (Å²) in [6, 6.07) is 11.9. The maximum absolute atomic E-state index is 11.1. The van der Waals surface area contributed by atoms with Gasteiger partial charge in [-0.15, -0.1) is 0 Å². The Labute approximate surface area is 156 Å². The molecule has 0 radical (unpaired) electrons. The SMILES string of the molecule is COc1ccc2c(c1OC)[C@@H](O)N(C)c1c-2ccc2cc3c(cc12)OCO3. The number of methoxy groups -OCH3 is 2. The Morgan fingerprint density at radius 3 is 2.48 bits per heavy atom. The van der Waals surface area contributed by atoms with Crippen molar-refractivity contribution in [2.45, 2.75) is 6.23 Å². The summed E-state index contributed by atoms with van der Waals surface area (Å²) in [4.78, 5) is 1.85. The minimum Gasteiger partial charge on any atom is -0.493 e. The Kier molecular flexibility index (Phi) is 3.39. The Bertz CT molecular complexity index is 1080. The molecule has 0 bridgehead atoms. The van der Waals surface area contributed by atoms with Crippen LogP contribution < -0.4 is 23.8 Å². The normalized spacial score (nSPS) is 16.9. The first-order valence-corrected chi connectivity index (χ1v) is 8.66. The highest BCUT2D eigenvalue weighted by molar-refractivity contribution is 6.05. The maximum atomic E-state index is 11.1. The maximum Gasteiger partial charge on any atom is 0.231 e. The number of ether oxygens (including phenoxy) is 4. The van der Waals surface area contributed by atoms with Crippen LogP contribution in [0.4, 0.5) is 5.69 Å². The van der Waals surface area contributed by atoms with Crippen LogP contribution in [-0.4, -0.2) is 33.2 Å². The molecule has 0 aliphatic carbocycles. The average Bonchev–Trinajstić information content (AvgIpc) is 3.15. The number of aliphatic hydroxyl groups excluding tert-OH is 1. The Hall–Kier alpha value is -3.12. The molecule has 27 heavy (non-hydrogen) atoms. The molecule has 0 amide bonds. The van der Waals surface area contributed by atoms with E-state index in [4.69, 9.17) is 18.9 Å². The molecule has 3 aromatic carbocycles. The standard InChI is InChI=1S/C21H19NO5/c1-22-19-13(5-4-11-8-16-17(9-14(11)19)27-10-26-16)12-6-7-15(24-2)20(25-3)18(12)21(22)23/h4-9,21,23H,10H2,1-3H3/t21-/m1/s1. The number of rotatable bonds is 2. The van der Waals surface area contributed by atoms with Gasteiger partial charge in [-0.05, 0) is 35.2 Å². The number of hydrogen-bond acceptors (Lipinski definition) is 6.